The molecule has 3 heteroatoms. The summed E-state index contributed by atoms with van der Waals surface area (Å²) in [7, 11) is 0. The molecule has 0 saturated carbocycles. The Balaban J connectivity index is 2.51. The quantitative estimate of drug-likeness (QED) is 0.716. The summed E-state index contributed by atoms with van der Waals surface area (Å²) in [6.07, 6.45) is 0. The zero-order valence-electron chi connectivity index (χ0n) is 12.0. The van der Waals surface area contributed by atoms with Crippen molar-refractivity contribution in [1.29, 1.82) is 0 Å². The summed E-state index contributed by atoms with van der Waals surface area (Å²) in [6, 6.07) is 13.2. The number of halogens is 2. The van der Waals surface area contributed by atoms with Gasteiger partial charge in [0.1, 0.15) is 0 Å². The third-order valence-corrected chi connectivity index (χ3v) is 4.80. The fraction of sp³-hybridized carbons (Fsp3) is 0.294. The minimum absolute atomic E-state index is 0.226. The molecular weight excluding hydrogens is 378 g/mol. The first-order valence-electron chi connectivity index (χ1n) is 6.78. The molecule has 0 saturated heterocycles. The molecule has 0 aliphatic heterocycles. The van der Waals surface area contributed by atoms with Crippen LogP contribution >= 0.6 is 31.9 Å². The number of nitrogens with one attached hydrogen (secondary N) is 1. The molecule has 0 amide bonds. The third kappa shape index (κ3) is 3.51. The summed E-state index contributed by atoms with van der Waals surface area (Å²) in [6.45, 7) is 7.39. The fourth-order valence-electron chi connectivity index (χ4n) is 2.41. The molecule has 2 aromatic carbocycles. The van der Waals surface area contributed by atoms with Gasteiger partial charge in [0.05, 0.1) is 6.04 Å². The molecule has 0 spiro atoms. The predicted octanol–water partition coefficient (Wildman–Crippen LogP) is 5.53. The molecule has 2 aromatic rings. The van der Waals surface area contributed by atoms with Crippen LogP contribution in [0.1, 0.15) is 35.2 Å². The summed E-state index contributed by atoms with van der Waals surface area (Å²) < 4.78 is 2.28. The molecule has 1 N–H and O–H groups in total. The van der Waals surface area contributed by atoms with Gasteiger partial charge in [-0.2, -0.15) is 0 Å². The first-order chi connectivity index (χ1) is 9.52. The van der Waals surface area contributed by atoms with Gasteiger partial charge in [0, 0.05) is 8.95 Å². The van der Waals surface area contributed by atoms with Crippen LogP contribution in [0.4, 0.5) is 0 Å². The summed E-state index contributed by atoms with van der Waals surface area (Å²) in [5, 5.41) is 3.59. The molecule has 20 heavy (non-hydrogen) atoms. The van der Waals surface area contributed by atoms with E-state index in [9.17, 15) is 0 Å². The highest BCUT2D eigenvalue weighted by molar-refractivity contribution is 9.10. The Labute approximate surface area is 138 Å². The van der Waals surface area contributed by atoms with Gasteiger partial charge in [0.15, 0.2) is 0 Å². The number of hydrogen-bond acceptors (Lipinski definition) is 1. The highest BCUT2D eigenvalue weighted by Crippen LogP contribution is 2.30. The molecule has 0 aromatic heterocycles. The topological polar surface area (TPSA) is 12.0 Å². The second-order valence-electron chi connectivity index (χ2n) is 5.00. The Morgan fingerprint density at radius 3 is 2.45 bits per heavy atom. The maximum atomic E-state index is 3.61. The second-order valence-corrected chi connectivity index (χ2v) is 6.77. The lowest BCUT2D eigenvalue weighted by Crippen LogP contribution is -2.23. The minimum Gasteiger partial charge on any atom is -0.307 e. The second kappa shape index (κ2) is 6.88. The van der Waals surface area contributed by atoms with E-state index >= 15 is 0 Å². The van der Waals surface area contributed by atoms with Gasteiger partial charge in [-0.15, -0.1) is 0 Å². The van der Waals surface area contributed by atoms with Crippen LogP contribution in [0.15, 0.2) is 45.3 Å². The average molecular weight is 397 g/mol. The Morgan fingerprint density at radius 1 is 1.05 bits per heavy atom. The lowest BCUT2D eigenvalue weighted by molar-refractivity contribution is 0.627. The Kier molecular flexibility index (Phi) is 5.42. The van der Waals surface area contributed by atoms with Crippen LogP contribution in [0.2, 0.25) is 0 Å². The zero-order chi connectivity index (χ0) is 14.7. The van der Waals surface area contributed by atoms with Gasteiger partial charge in [-0.25, -0.2) is 0 Å². The van der Waals surface area contributed by atoms with Gasteiger partial charge in [-0.3, -0.25) is 0 Å². The Bertz CT molecular complexity index is 608. The maximum absolute atomic E-state index is 3.61. The predicted molar refractivity (Wildman–Crippen MR) is 93.3 cm³/mol. The average Bonchev–Trinajstić information content (AvgIpc) is 2.40. The van der Waals surface area contributed by atoms with E-state index in [1.807, 2.05) is 0 Å². The monoisotopic (exact) mass is 395 g/mol. The van der Waals surface area contributed by atoms with Gasteiger partial charge < -0.3 is 5.32 Å². The lowest BCUT2D eigenvalue weighted by Gasteiger charge is -2.22. The molecule has 0 bridgehead atoms. The van der Waals surface area contributed by atoms with Gasteiger partial charge >= 0.3 is 0 Å². The first kappa shape index (κ1) is 15.7. The summed E-state index contributed by atoms with van der Waals surface area (Å²) in [5.74, 6) is 0. The summed E-state index contributed by atoms with van der Waals surface area (Å²) in [4.78, 5) is 0. The molecule has 1 nitrogen and oxygen atoms in total. The largest absolute Gasteiger partial charge is 0.307 e. The van der Waals surface area contributed by atoms with E-state index in [4.69, 9.17) is 0 Å². The highest BCUT2D eigenvalue weighted by Gasteiger charge is 2.16. The maximum Gasteiger partial charge on any atom is 0.0579 e. The van der Waals surface area contributed by atoms with E-state index in [-0.39, 0.29) is 6.04 Å². The van der Waals surface area contributed by atoms with Crippen LogP contribution in [-0.4, -0.2) is 6.54 Å². The van der Waals surface area contributed by atoms with E-state index in [0.717, 1.165) is 11.0 Å². The number of rotatable bonds is 4. The van der Waals surface area contributed by atoms with E-state index in [2.05, 4.69) is 94.3 Å². The van der Waals surface area contributed by atoms with Crippen LogP contribution in [0.5, 0.6) is 0 Å². The van der Waals surface area contributed by atoms with Crippen LogP contribution in [0.3, 0.4) is 0 Å². The fourth-order valence-corrected chi connectivity index (χ4v) is 3.29. The SMILES string of the molecule is CCNC(c1cccc(Br)c1)c1cc(C)c(Br)cc1C. The van der Waals surface area contributed by atoms with E-state index in [1.165, 1.54) is 26.7 Å². The normalized spacial score (nSPS) is 12.4. The number of benzene rings is 2. The van der Waals surface area contributed by atoms with Crippen molar-refractivity contribution < 1.29 is 0 Å². The van der Waals surface area contributed by atoms with Crippen molar-refractivity contribution in [3.8, 4) is 0 Å². The molecule has 0 aliphatic rings. The lowest BCUT2D eigenvalue weighted by atomic mass is 9.93. The van der Waals surface area contributed by atoms with Gasteiger partial charge in [0.25, 0.3) is 0 Å². The van der Waals surface area contributed by atoms with E-state index in [0.29, 0.717) is 0 Å². The molecule has 106 valence electrons. The van der Waals surface area contributed by atoms with E-state index < -0.39 is 0 Å². The standard InChI is InChI=1S/C17H19Br2N/c1-4-20-17(13-6-5-7-14(18)10-13)15-8-12(3)16(19)9-11(15)2/h5-10,17,20H,4H2,1-3H3. The third-order valence-electron chi connectivity index (χ3n) is 3.45. The first-order valence-corrected chi connectivity index (χ1v) is 8.37. The van der Waals surface area contributed by atoms with Crippen LogP contribution in [0.25, 0.3) is 0 Å². The van der Waals surface area contributed by atoms with Crippen LogP contribution in [-0.2, 0) is 0 Å². The van der Waals surface area contributed by atoms with Crippen molar-refractivity contribution in [2.75, 3.05) is 6.54 Å². The molecule has 0 aliphatic carbocycles. The van der Waals surface area contributed by atoms with Crippen LogP contribution in [0, 0.1) is 13.8 Å². The zero-order valence-corrected chi connectivity index (χ0v) is 15.2. The van der Waals surface area contributed by atoms with Crippen molar-refractivity contribution in [3.63, 3.8) is 0 Å². The van der Waals surface area contributed by atoms with Crippen LogP contribution < -0.4 is 5.32 Å². The highest BCUT2D eigenvalue weighted by atomic mass is 79.9. The molecule has 0 radical (unpaired) electrons. The van der Waals surface area contributed by atoms with Crippen molar-refractivity contribution in [2.45, 2.75) is 26.8 Å². The number of aryl methyl sites for hydroxylation is 2. The minimum atomic E-state index is 0.226. The molecule has 1 unspecified atom stereocenters. The van der Waals surface area contributed by atoms with Crippen molar-refractivity contribution in [3.05, 3.63) is 67.6 Å². The molecule has 1 atom stereocenters. The molecule has 2 rings (SSSR count). The van der Waals surface area contributed by atoms with Gasteiger partial charge in [-0.1, -0.05) is 57.0 Å². The Morgan fingerprint density at radius 2 is 1.80 bits per heavy atom. The smallest absolute Gasteiger partial charge is 0.0579 e. The van der Waals surface area contributed by atoms with Crippen molar-refractivity contribution in [1.82, 2.24) is 5.32 Å². The number of hydrogen-bond donors (Lipinski definition) is 1. The molecule has 0 fully saturated rings. The van der Waals surface area contributed by atoms with Crippen molar-refractivity contribution in [2.24, 2.45) is 0 Å². The van der Waals surface area contributed by atoms with Crippen molar-refractivity contribution >= 4 is 31.9 Å². The summed E-state index contributed by atoms with van der Waals surface area (Å²) in [5.41, 5.74) is 5.19. The van der Waals surface area contributed by atoms with E-state index in [1.54, 1.807) is 0 Å². The Hall–Kier alpha value is -0.640. The van der Waals surface area contributed by atoms with Gasteiger partial charge in [-0.05, 0) is 60.8 Å². The van der Waals surface area contributed by atoms with Gasteiger partial charge in [0.2, 0.25) is 0 Å². The molecule has 0 heterocycles. The molecular formula is C17H19Br2N. The summed E-state index contributed by atoms with van der Waals surface area (Å²) >= 11 is 7.17.